The Hall–Kier alpha value is -2.61. The van der Waals surface area contributed by atoms with Gasteiger partial charge in [-0.3, -0.25) is 9.78 Å². The number of hydrogen-bond donors (Lipinski definition) is 1. The van der Waals surface area contributed by atoms with Crippen LogP contribution < -0.4 is 5.73 Å². The second-order valence-corrected chi connectivity index (χ2v) is 6.19. The van der Waals surface area contributed by atoms with Gasteiger partial charge in [-0.1, -0.05) is 11.6 Å². The molecule has 25 heavy (non-hydrogen) atoms. The Morgan fingerprint density at radius 2 is 2.08 bits per heavy atom. The smallest absolute Gasteiger partial charge is 0.287 e. The number of alkyl halides is 2. The zero-order valence-electron chi connectivity index (χ0n) is 13.4. The first kappa shape index (κ1) is 17.2. The van der Waals surface area contributed by atoms with Crippen molar-refractivity contribution in [3.05, 3.63) is 46.5 Å². The van der Waals surface area contributed by atoms with Crippen molar-refractivity contribution in [2.24, 2.45) is 5.73 Å². The molecule has 3 aromatic rings. The Morgan fingerprint density at radius 1 is 1.36 bits per heavy atom. The van der Waals surface area contributed by atoms with Crippen LogP contribution in [0.15, 0.2) is 24.4 Å². The van der Waals surface area contributed by atoms with Gasteiger partial charge in [-0.25, -0.2) is 9.67 Å². The predicted molar refractivity (Wildman–Crippen MR) is 88.9 cm³/mol. The van der Waals surface area contributed by atoms with Gasteiger partial charge >= 0.3 is 0 Å². The molecule has 0 atom stereocenters. The van der Waals surface area contributed by atoms with E-state index < -0.39 is 17.5 Å². The molecule has 0 spiro atoms. The topological polar surface area (TPSA) is 86.7 Å². The lowest BCUT2D eigenvalue weighted by Crippen LogP contribution is -2.14. The number of hydrogen-bond acceptors (Lipinski definition) is 4. The van der Waals surface area contributed by atoms with Crippen molar-refractivity contribution in [3.63, 3.8) is 0 Å². The summed E-state index contributed by atoms with van der Waals surface area (Å²) in [5, 5.41) is 5.17. The van der Waals surface area contributed by atoms with Gasteiger partial charge in [-0.05, 0) is 19.1 Å². The van der Waals surface area contributed by atoms with E-state index in [-0.39, 0.29) is 17.3 Å². The average molecular weight is 366 g/mol. The highest BCUT2D eigenvalue weighted by Gasteiger charge is 2.27. The van der Waals surface area contributed by atoms with E-state index in [1.807, 2.05) is 0 Å². The highest BCUT2D eigenvalue weighted by Crippen LogP contribution is 2.29. The van der Waals surface area contributed by atoms with Crippen LogP contribution in [0, 0.1) is 6.92 Å². The minimum atomic E-state index is -3.14. The molecule has 0 fully saturated rings. The first-order valence-electron chi connectivity index (χ1n) is 7.34. The van der Waals surface area contributed by atoms with Crippen molar-refractivity contribution < 1.29 is 13.6 Å². The first-order chi connectivity index (χ1) is 11.6. The minimum Gasteiger partial charge on any atom is -0.369 e. The molecule has 0 radical (unpaired) electrons. The number of fused-ring (bicyclic) bond motifs is 1. The summed E-state index contributed by atoms with van der Waals surface area (Å²) < 4.78 is 28.7. The molecular formula is C16H14ClF2N5O. The van der Waals surface area contributed by atoms with Crippen LogP contribution in [0.5, 0.6) is 0 Å². The molecule has 0 aliphatic carbocycles. The molecule has 9 heteroatoms. The van der Waals surface area contributed by atoms with Crippen molar-refractivity contribution in [1.82, 2.24) is 19.7 Å². The number of carbonyl (C=O) groups is 1. The molecule has 0 aliphatic heterocycles. The van der Waals surface area contributed by atoms with Crippen molar-refractivity contribution in [2.45, 2.75) is 26.2 Å². The van der Waals surface area contributed by atoms with Gasteiger partial charge in [0.2, 0.25) is 5.91 Å². The van der Waals surface area contributed by atoms with Gasteiger partial charge in [0.05, 0.1) is 23.3 Å². The second-order valence-electron chi connectivity index (χ2n) is 5.75. The molecule has 130 valence electrons. The molecule has 0 bridgehead atoms. The highest BCUT2D eigenvalue weighted by atomic mass is 35.5. The molecule has 1 amide bonds. The molecule has 2 N–H and O–H groups in total. The maximum Gasteiger partial charge on any atom is 0.287 e. The summed E-state index contributed by atoms with van der Waals surface area (Å²) in [6.07, 6.45) is 1.52. The second kappa shape index (κ2) is 6.03. The van der Waals surface area contributed by atoms with Gasteiger partial charge in [0, 0.05) is 29.6 Å². The number of aryl methyl sites for hydroxylation is 1. The summed E-state index contributed by atoms with van der Waals surface area (Å²) in [4.78, 5) is 19.3. The van der Waals surface area contributed by atoms with E-state index in [0.717, 1.165) is 13.0 Å². The third-order valence-corrected chi connectivity index (χ3v) is 3.82. The number of carbonyl (C=O) groups excluding carboxylic acids is 1. The fraction of sp³-hybridized carbons (Fsp3) is 0.250. The number of aromatic nitrogens is 4. The molecule has 6 nitrogen and oxygen atoms in total. The summed E-state index contributed by atoms with van der Waals surface area (Å²) >= 11 is 5.98. The van der Waals surface area contributed by atoms with Crippen LogP contribution in [-0.4, -0.2) is 25.7 Å². The van der Waals surface area contributed by atoms with Gasteiger partial charge in [-0.15, -0.1) is 0 Å². The zero-order valence-corrected chi connectivity index (χ0v) is 14.2. The van der Waals surface area contributed by atoms with Gasteiger partial charge in [0.1, 0.15) is 5.69 Å². The van der Waals surface area contributed by atoms with Crippen molar-refractivity contribution in [2.75, 3.05) is 0 Å². The van der Waals surface area contributed by atoms with Crippen LogP contribution in [0.25, 0.3) is 16.7 Å². The van der Waals surface area contributed by atoms with E-state index in [1.165, 1.54) is 10.7 Å². The molecule has 3 heterocycles. The lowest BCUT2D eigenvalue weighted by Gasteiger charge is -2.12. The molecule has 0 aliphatic rings. The molecule has 0 saturated carbocycles. The first-order valence-corrected chi connectivity index (χ1v) is 7.72. The summed E-state index contributed by atoms with van der Waals surface area (Å²) in [7, 11) is 0. The molecule has 0 unspecified atom stereocenters. The van der Waals surface area contributed by atoms with Crippen LogP contribution >= 0.6 is 11.6 Å². The molecular weight excluding hydrogens is 352 g/mol. The molecule has 3 aromatic heterocycles. The number of amides is 1. The minimum absolute atomic E-state index is 0.0403. The van der Waals surface area contributed by atoms with E-state index in [9.17, 15) is 13.6 Å². The SMILES string of the molecule is Cc1nn(-c2cc(Cl)cc(C(C)(F)F)n2)c2cc(CC(N)=O)ncc12. The lowest BCUT2D eigenvalue weighted by atomic mass is 10.2. The summed E-state index contributed by atoms with van der Waals surface area (Å²) in [6, 6.07) is 4.19. The maximum atomic E-state index is 13.6. The van der Waals surface area contributed by atoms with Gasteiger partial charge in [0.25, 0.3) is 5.92 Å². The normalized spacial score (nSPS) is 11.9. The van der Waals surface area contributed by atoms with Crippen LogP contribution in [0.4, 0.5) is 8.78 Å². The number of nitrogens with zero attached hydrogens (tertiary/aromatic N) is 4. The third-order valence-electron chi connectivity index (χ3n) is 3.61. The standard InChI is InChI=1S/C16H14ClF2N5O/c1-8-11-7-21-10(6-14(20)25)5-12(11)24(23-8)15-4-9(17)3-13(22-15)16(2,18)19/h3-5,7H,6H2,1-2H3,(H2,20,25). The number of rotatable bonds is 4. The third kappa shape index (κ3) is 3.43. The molecule has 0 saturated heterocycles. The van der Waals surface area contributed by atoms with Crippen molar-refractivity contribution in [3.8, 4) is 5.82 Å². The maximum absolute atomic E-state index is 13.6. The Kier molecular flexibility index (Phi) is 4.16. The quantitative estimate of drug-likeness (QED) is 0.770. The van der Waals surface area contributed by atoms with Gasteiger partial charge in [0.15, 0.2) is 5.82 Å². The van der Waals surface area contributed by atoms with Gasteiger partial charge < -0.3 is 5.73 Å². The van der Waals surface area contributed by atoms with E-state index in [0.29, 0.717) is 22.3 Å². The Morgan fingerprint density at radius 3 is 2.72 bits per heavy atom. The van der Waals surface area contributed by atoms with Crippen LogP contribution in [0.1, 0.15) is 24.0 Å². The highest BCUT2D eigenvalue weighted by molar-refractivity contribution is 6.30. The van der Waals surface area contributed by atoms with E-state index in [1.54, 1.807) is 19.2 Å². The zero-order chi connectivity index (χ0) is 18.4. The monoisotopic (exact) mass is 365 g/mol. The average Bonchev–Trinajstić information content (AvgIpc) is 2.82. The number of primary amides is 1. The fourth-order valence-electron chi connectivity index (χ4n) is 2.46. The van der Waals surface area contributed by atoms with E-state index >= 15 is 0 Å². The lowest BCUT2D eigenvalue weighted by molar-refractivity contribution is -0.117. The molecule has 3 rings (SSSR count). The fourth-order valence-corrected chi connectivity index (χ4v) is 2.67. The number of halogens is 3. The predicted octanol–water partition coefficient (Wildman–Crippen LogP) is 2.92. The molecule has 0 aromatic carbocycles. The number of pyridine rings is 2. The van der Waals surface area contributed by atoms with Crippen LogP contribution in [0.2, 0.25) is 5.02 Å². The Balaban J connectivity index is 2.21. The summed E-state index contributed by atoms with van der Waals surface area (Å²) in [5.74, 6) is -3.52. The summed E-state index contributed by atoms with van der Waals surface area (Å²) in [6.45, 7) is 2.50. The van der Waals surface area contributed by atoms with Crippen LogP contribution in [-0.2, 0) is 17.1 Å². The van der Waals surface area contributed by atoms with Gasteiger partial charge in [-0.2, -0.15) is 13.9 Å². The summed E-state index contributed by atoms with van der Waals surface area (Å²) in [5.41, 5.74) is 6.40. The Labute approximate surface area is 146 Å². The van der Waals surface area contributed by atoms with Crippen molar-refractivity contribution in [1.29, 1.82) is 0 Å². The van der Waals surface area contributed by atoms with E-state index in [4.69, 9.17) is 17.3 Å². The largest absolute Gasteiger partial charge is 0.369 e. The van der Waals surface area contributed by atoms with E-state index in [2.05, 4.69) is 15.1 Å². The van der Waals surface area contributed by atoms with Crippen LogP contribution in [0.3, 0.4) is 0 Å². The Bertz CT molecular complexity index is 981. The van der Waals surface area contributed by atoms with Crippen molar-refractivity contribution >= 4 is 28.4 Å². The number of nitrogens with two attached hydrogens (primary N) is 1.